The van der Waals surface area contributed by atoms with Crippen molar-refractivity contribution in [1.29, 1.82) is 0 Å². The first-order valence-corrected chi connectivity index (χ1v) is 6.69. The topological polar surface area (TPSA) is 60.3 Å². The van der Waals surface area contributed by atoms with Crippen molar-refractivity contribution in [2.45, 2.75) is 6.73 Å². The summed E-state index contributed by atoms with van der Waals surface area (Å²) < 4.78 is 6.19. The smallest absolute Gasteiger partial charge is 0.413 e. The van der Waals surface area contributed by atoms with E-state index in [2.05, 4.69) is 5.32 Å². The molecule has 0 aliphatic rings. The van der Waals surface area contributed by atoms with E-state index in [9.17, 15) is 9.59 Å². The summed E-state index contributed by atoms with van der Waals surface area (Å²) in [5.41, 5.74) is 0.241. The molecule has 1 aromatic heterocycles. The van der Waals surface area contributed by atoms with Crippen LogP contribution in [0.1, 0.15) is 0 Å². The highest BCUT2D eigenvalue weighted by Crippen LogP contribution is 2.24. The summed E-state index contributed by atoms with van der Waals surface area (Å²) in [5.74, 6) is 0. The van der Waals surface area contributed by atoms with Crippen molar-refractivity contribution in [3.8, 4) is 0 Å². The zero-order valence-electron chi connectivity index (χ0n) is 9.43. The normalized spacial score (nSPS) is 10.2. The molecule has 1 N–H and O–H groups in total. The van der Waals surface area contributed by atoms with Crippen molar-refractivity contribution in [2.75, 3.05) is 5.32 Å². The maximum absolute atomic E-state index is 11.5. The van der Waals surface area contributed by atoms with E-state index < -0.39 is 6.09 Å². The summed E-state index contributed by atoms with van der Waals surface area (Å²) in [7, 11) is 0. The van der Waals surface area contributed by atoms with Gasteiger partial charge < -0.3 is 4.74 Å². The molecular weight excluding hydrogens is 311 g/mol. The number of halogens is 2. The van der Waals surface area contributed by atoms with E-state index in [1.807, 2.05) is 0 Å². The van der Waals surface area contributed by atoms with Gasteiger partial charge in [-0.05, 0) is 18.2 Å². The molecule has 0 spiro atoms. The lowest BCUT2D eigenvalue weighted by molar-refractivity contribution is 0.131. The molecule has 2 rings (SSSR count). The zero-order chi connectivity index (χ0) is 13.8. The minimum Gasteiger partial charge on any atom is -0.427 e. The highest BCUT2D eigenvalue weighted by Gasteiger charge is 2.06. The van der Waals surface area contributed by atoms with E-state index in [1.54, 1.807) is 17.5 Å². The highest BCUT2D eigenvalue weighted by molar-refractivity contribution is 7.04. The van der Waals surface area contributed by atoms with Crippen LogP contribution in [0.5, 0.6) is 0 Å². The van der Waals surface area contributed by atoms with Crippen LogP contribution in [0.4, 0.5) is 10.5 Å². The number of carbonyl (C=O) groups is 1. The van der Waals surface area contributed by atoms with E-state index >= 15 is 0 Å². The second-order valence-electron chi connectivity index (χ2n) is 3.44. The van der Waals surface area contributed by atoms with Crippen LogP contribution in [0.25, 0.3) is 0 Å². The molecule has 0 atom stereocenters. The molecule has 1 amide bonds. The number of carbonyl (C=O) groups excluding carboxylic acids is 1. The first kappa shape index (κ1) is 13.9. The monoisotopic (exact) mass is 318 g/mol. The fourth-order valence-electron chi connectivity index (χ4n) is 1.24. The van der Waals surface area contributed by atoms with Gasteiger partial charge in [-0.2, -0.15) is 0 Å². The molecule has 0 fully saturated rings. The van der Waals surface area contributed by atoms with E-state index in [0.717, 1.165) is 11.5 Å². The lowest BCUT2D eigenvalue weighted by atomic mass is 10.3. The molecule has 0 aliphatic heterocycles. The molecule has 0 bridgehead atoms. The van der Waals surface area contributed by atoms with Gasteiger partial charge in [0.05, 0.1) is 10.0 Å². The van der Waals surface area contributed by atoms with E-state index in [4.69, 9.17) is 27.9 Å². The van der Waals surface area contributed by atoms with Gasteiger partial charge in [-0.15, -0.1) is 0 Å². The number of amides is 1. The maximum atomic E-state index is 11.5. The molecule has 0 saturated heterocycles. The number of hydrogen-bond acceptors (Lipinski definition) is 4. The van der Waals surface area contributed by atoms with Crippen LogP contribution in [-0.4, -0.2) is 10.0 Å². The lowest BCUT2D eigenvalue weighted by Gasteiger charge is -2.07. The summed E-state index contributed by atoms with van der Waals surface area (Å²) >= 11 is 12.7. The number of ether oxygens (including phenoxy) is 1. The Morgan fingerprint density at radius 1 is 1.32 bits per heavy atom. The maximum Gasteiger partial charge on any atom is 0.413 e. The molecular formula is C11H8Cl2N2O3S. The number of aromatic nitrogens is 1. The average molecular weight is 319 g/mol. The van der Waals surface area contributed by atoms with Crippen molar-refractivity contribution >= 4 is 46.5 Å². The van der Waals surface area contributed by atoms with Crippen LogP contribution in [0, 0.1) is 0 Å². The first-order valence-electron chi connectivity index (χ1n) is 5.10. The van der Waals surface area contributed by atoms with Gasteiger partial charge in [0.25, 0.3) is 5.56 Å². The number of nitrogens with zero attached hydrogens (tertiary/aromatic N) is 1. The number of benzene rings is 1. The van der Waals surface area contributed by atoms with Crippen molar-refractivity contribution < 1.29 is 9.53 Å². The van der Waals surface area contributed by atoms with Gasteiger partial charge >= 0.3 is 6.09 Å². The van der Waals surface area contributed by atoms with Crippen LogP contribution in [0.2, 0.25) is 10.0 Å². The Morgan fingerprint density at radius 3 is 2.74 bits per heavy atom. The molecule has 0 radical (unpaired) electrons. The Morgan fingerprint density at radius 2 is 2.11 bits per heavy atom. The zero-order valence-corrected chi connectivity index (χ0v) is 11.8. The Labute approximate surface area is 122 Å². The molecule has 1 heterocycles. The van der Waals surface area contributed by atoms with Crippen LogP contribution in [0.3, 0.4) is 0 Å². The number of nitrogens with one attached hydrogen (secondary N) is 1. The lowest BCUT2D eigenvalue weighted by Crippen LogP contribution is -2.20. The third kappa shape index (κ3) is 3.73. The largest absolute Gasteiger partial charge is 0.427 e. The molecule has 0 saturated carbocycles. The second kappa shape index (κ2) is 6.10. The van der Waals surface area contributed by atoms with Crippen LogP contribution < -0.4 is 10.9 Å². The quantitative estimate of drug-likeness (QED) is 0.943. The molecule has 100 valence electrons. The molecule has 0 aliphatic carbocycles. The average Bonchev–Trinajstić information content (AvgIpc) is 2.77. The predicted octanol–water partition coefficient (Wildman–Crippen LogP) is 3.42. The third-order valence-electron chi connectivity index (χ3n) is 2.12. The van der Waals surface area contributed by atoms with Crippen LogP contribution >= 0.6 is 34.7 Å². The summed E-state index contributed by atoms with van der Waals surface area (Å²) in [6, 6.07) is 6.05. The van der Waals surface area contributed by atoms with Gasteiger partial charge in [0, 0.05) is 17.1 Å². The second-order valence-corrected chi connectivity index (χ2v) is 5.18. The fraction of sp³-hybridized carbons (Fsp3) is 0.0909. The van der Waals surface area contributed by atoms with Crippen molar-refractivity contribution in [3.05, 3.63) is 50.0 Å². The summed E-state index contributed by atoms with van der Waals surface area (Å²) in [6.45, 7) is -0.135. The van der Waals surface area contributed by atoms with Crippen molar-refractivity contribution in [1.82, 2.24) is 3.96 Å². The minimum absolute atomic E-state index is 0.135. The molecule has 2 aromatic rings. The molecule has 8 heteroatoms. The van der Waals surface area contributed by atoms with Gasteiger partial charge in [0.1, 0.15) is 0 Å². The van der Waals surface area contributed by atoms with Gasteiger partial charge in [0.15, 0.2) is 6.73 Å². The number of hydrogen-bond donors (Lipinski definition) is 1. The first-order chi connectivity index (χ1) is 9.06. The summed E-state index contributed by atoms with van der Waals surface area (Å²) in [5, 5.41) is 4.81. The minimum atomic E-state index is -0.682. The summed E-state index contributed by atoms with van der Waals surface area (Å²) in [6.07, 6.45) is -0.682. The standard InChI is InChI=1S/C11H8Cl2N2O3S/c12-8-2-1-7(5-9(8)13)14-11(17)18-6-15-10(16)3-4-19-15/h1-5H,6H2,(H,14,17). The van der Waals surface area contributed by atoms with Gasteiger partial charge in [-0.1, -0.05) is 34.7 Å². The van der Waals surface area contributed by atoms with Crippen LogP contribution in [0.15, 0.2) is 34.4 Å². The third-order valence-corrected chi connectivity index (χ3v) is 3.66. The fourth-order valence-corrected chi connectivity index (χ4v) is 2.14. The Kier molecular flexibility index (Phi) is 4.47. The van der Waals surface area contributed by atoms with E-state index in [1.165, 1.54) is 16.1 Å². The SMILES string of the molecule is O=C(Nc1ccc(Cl)c(Cl)c1)OCn1sccc1=O. The molecule has 5 nitrogen and oxygen atoms in total. The van der Waals surface area contributed by atoms with Crippen molar-refractivity contribution in [2.24, 2.45) is 0 Å². The van der Waals surface area contributed by atoms with Crippen molar-refractivity contribution in [3.63, 3.8) is 0 Å². The van der Waals surface area contributed by atoms with E-state index in [-0.39, 0.29) is 12.3 Å². The van der Waals surface area contributed by atoms with Crippen LogP contribution in [-0.2, 0) is 11.5 Å². The Balaban J connectivity index is 1.92. The predicted molar refractivity (Wildman–Crippen MR) is 75.1 cm³/mol. The Hall–Kier alpha value is -1.50. The van der Waals surface area contributed by atoms with E-state index in [0.29, 0.717) is 15.7 Å². The molecule has 1 aromatic carbocycles. The molecule has 0 unspecified atom stereocenters. The Bertz CT molecular complexity index is 653. The van der Waals surface area contributed by atoms with Gasteiger partial charge in [-0.3, -0.25) is 10.1 Å². The number of anilines is 1. The van der Waals surface area contributed by atoms with Gasteiger partial charge in [0.2, 0.25) is 0 Å². The summed E-state index contributed by atoms with van der Waals surface area (Å²) in [4.78, 5) is 22.7. The number of rotatable bonds is 3. The van der Waals surface area contributed by atoms with Gasteiger partial charge in [-0.25, -0.2) is 8.75 Å². The highest BCUT2D eigenvalue weighted by atomic mass is 35.5. The molecule has 19 heavy (non-hydrogen) atoms.